The molecule has 1 rings (SSSR count). The summed E-state index contributed by atoms with van der Waals surface area (Å²) in [5, 5.41) is 3.17. The van der Waals surface area contributed by atoms with Crippen molar-refractivity contribution in [2.75, 3.05) is 7.11 Å². The quantitative estimate of drug-likeness (QED) is 0.752. The molecule has 0 bridgehead atoms. The van der Waals surface area contributed by atoms with Gasteiger partial charge >= 0.3 is 0 Å². The molecule has 2 nitrogen and oxygen atoms in total. The van der Waals surface area contributed by atoms with E-state index in [1.54, 1.807) is 18.4 Å². The molecular formula is C11H19NOS. The molecule has 1 aromatic heterocycles. The Morgan fingerprint density at radius 1 is 1.21 bits per heavy atom. The molecule has 0 saturated carbocycles. The zero-order chi connectivity index (χ0) is 11.0. The Morgan fingerprint density at radius 2 is 1.79 bits per heavy atom. The number of thiazole rings is 1. The average Bonchev–Trinajstić information content (AvgIpc) is 2.51. The van der Waals surface area contributed by atoms with Crippen LogP contribution in [0.4, 0.5) is 0 Å². The van der Waals surface area contributed by atoms with Gasteiger partial charge in [-0.2, -0.15) is 0 Å². The summed E-state index contributed by atoms with van der Waals surface area (Å²) in [7, 11) is 1.72. The van der Waals surface area contributed by atoms with Crippen molar-refractivity contribution in [3.8, 4) is 0 Å². The lowest BCUT2D eigenvalue weighted by molar-refractivity contribution is 0.0188. The number of hydrogen-bond acceptors (Lipinski definition) is 3. The largest absolute Gasteiger partial charge is 0.372 e. The van der Waals surface area contributed by atoms with Gasteiger partial charge in [-0.15, -0.1) is 11.3 Å². The summed E-state index contributed by atoms with van der Waals surface area (Å²) in [4.78, 5) is 4.62. The van der Waals surface area contributed by atoms with E-state index in [1.807, 2.05) is 13.8 Å². The molecule has 0 fully saturated rings. The van der Waals surface area contributed by atoms with Crippen LogP contribution in [0.15, 0.2) is 5.38 Å². The predicted molar refractivity (Wildman–Crippen MR) is 60.8 cm³/mol. The van der Waals surface area contributed by atoms with E-state index in [9.17, 15) is 0 Å². The van der Waals surface area contributed by atoms with Crippen molar-refractivity contribution >= 4 is 11.3 Å². The van der Waals surface area contributed by atoms with Gasteiger partial charge in [0.25, 0.3) is 0 Å². The molecule has 0 aliphatic carbocycles. The Kier molecular flexibility index (Phi) is 3.02. The van der Waals surface area contributed by atoms with E-state index in [1.165, 1.54) is 0 Å². The molecular weight excluding hydrogens is 194 g/mol. The molecule has 1 aromatic rings. The first-order valence-corrected chi connectivity index (χ1v) is 5.67. The summed E-state index contributed by atoms with van der Waals surface area (Å²) < 4.78 is 5.40. The molecule has 0 N–H and O–H groups in total. The lowest BCUT2D eigenvalue weighted by Crippen LogP contribution is -2.20. The molecule has 0 aliphatic heterocycles. The normalized spacial score (nSPS) is 13.3. The summed E-state index contributed by atoms with van der Waals surface area (Å²) in [6.45, 7) is 10.6. The third kappa shape index (κ3) is 2.34. The molecule has 0 unspecified atom stereocenters. The fourth-order valence-corrected chi connectivity index (χ4v) is 2.13. The Hall–Kier alpha value is -0.410. The van der Waals surface area contributed by atoms with E-state index in [0.717, 1.165) is 10.7 Å². The average molecular weight is 213 g/mol. The van der Waals surface area contributed by atoms with E-state index in [4.69, 9.17) is 4.74 Å². The van der Waals surface area contributed by atoms with Crippen LogP contribution in [0.5, 0.6) is 0 Å². The lowest BCUT2D eigenvalue weighted by Gasteiger charge is -2.20. The van der Waals surface area contributed by atoms with E-state index >= 15 is 0 Å². The van der Waals surface area contributed by atoms with Gasteiger partial charge in [-0.05, 0) is 13.8 Å². The maximum absolute atomic E-state index is 5.40. The van der Waals surface area contributed by atoms with E-state index in [0.29, 0.717) is 0 Å². The van der Waals surface area contributed by atoms with Crippen LogP contribution in [0.3, 0.4) is 0 Å². The first kappa shape index (κ1) is 11.7. The molecule has 1 heterocycles. The first-order chi connectivity index (χ1) is 6.27. The third-order valence-corrected chi connectivity index (χ3v) is 3.45. The van der Waals surface area contributed by atoms with Crippen LogP contribution in [-0.4, -0.2) is 12.1 Å². The molecule has 0 radical (unpaired) electrons. The standard InChI is InChI=1S/C11H19NOS/c1-10(2,3)8-7-14-9(12-8)11(4,5)13-6/h7H,1-6H3. The zero-order valence-electron chi connectivity index (χ0n) is 9.84. The van der Waals surface area contributed by atoms with Crippen molar-refractivity contribution in [3.63, 3.8) is 0 Å². The van der Waals surface area contributed by atoms with Crippen LogP contribution in [0.1, 0.15) is 45.3 Å². The highest BCUT2D eigenvalue weighted by Gasteiger charge is 2.26. The molecule has 0 amide bonds. The highest BCUT2D eigenvalue weighted by Crippen LogP contribution is 2.31. The smallest absolute Gasteiger partial charge is 0.124 e. The van der Waals surface area contributed by atoms with Gasteiger partial charge in [-0.3, -0.25) is 0 Å². The molecule has 0 saturated heterocycles. The monoisotopic (exact) mass is 213 g/mol. The number of methoxy groups -OCH3 is 1. The Bertz CT molecular complexity index is 309. The van der Waals surface area contributed by atoms with Gasteiger partial charge in [0.1, 0.15) is 10.6 Å². The van der Waals surface area contributed by atoms with Gasteiger partial charge in [-0.25, -0.2) is 4.98 Å². The van der Waals surface area contributed by atoms with Crippen molar-refractivity contribution in [2.45, 2.75) is 45.6 Å². The van der Waals surface area contributed by atoms with Crippen LogP contribution in [0.25, 0.3) is 0 Å². The second-order valence-corrected chi connectivity index (χ2v) is 5.86. The Balaban J connectivity index is 3.00. The maximum atomic E-state index is 5.40. The third-order valence-electron chi connectivity index (χ3n) is 2.30. The Labute approximate surface area is 90.3 Å². The van der Waals surface area contributed by atoms with Crippen molar-refractivity contribution in [2.24, 2.45) is 0 Å². The van der Waals surface area contributed by atoms with Crippen molar-refractivity contribution in [1.29, 1.82) is 0 Å². The fraction of sp³-hybridized carbons (Fsp3) is 0.727. The number of aromatic nitrogens is 1. The highest BCUT2D eigenvalue weighted by molar-refractivity contribution is 7.09. The topological polar surface area (TPSA) is 22.1 Å². The van der Waals surface area contributed by atoms with E-state index < -0.39 is 0 Å². The second kappa shape index (κ2) is 3.63. The van der Waals surface area contributed by atoms with Crippen LogP contribution >= 0.6 is 11.3 Å². The predicted octanol–water partition coefficient (Wildman–Crippen LogP) is 3.32. The molecule has 0 spiro atoms. The summed E-state index contributed by atoms with van der Waals surface area (Å²) >= 11 is 1.67. The zero-order valence-corrected chi connectivity index (χ0v) is 10.7. The van der Waals surface area contributed by atoms with Gasteiger partial charge < -0.3 is 4.74 Å². The first-order valence-electron chi connectivity index (χ1n) is 4.79. The number of ether oxygens (including phenoxy) is 1. The van der Waals surface area contributed by atoms with Crippen molar-refractivity contribution in [1.82, 2.24) is 4.98 Å². The van der Waals surface area contributed by atoms with E-state index in [-0.39, 0.29) is 11.0 Å². The van der Waals surface area contributed by atoms with Gasteiger partial charge in [0.2, 0.25) is 0 Å². The minimum absolute atomic E-state index is 0.124. The minimum atomic E-state index is -0.270. The van der Waals surface area contributed by atoms with Crippen molar-refractivity contribution < 1.29 is 4.74 Å². The summed E-state index contributed by atoms with van der Waals surface area (Å²) in [6, 6.07) is 0. The number of rotatable bonds is 2. The molecule has 14 heavy (non-hydrogen) atoms. The van der Waals surface area contributed by atoms with Gasteiger partial charge in [-0.1, -0.05) is 20.8 Å². The Morgan fingerprint density at radius 3 is 2.14 bits per heavy atom. The summed E-state index contributed by atoms with van der Waals surface area (Å²) in [5.74, 6) is 0. The van der Waals surface area contributed by atoms with Crippen LogP contribution < -0.4 is 0 Å². The molecule has 80 valence electrons. The summed E-state index contributed by atoms with van der Waals surface area (Å²) in [5.41, 5.74) is 0.995. The van der Waals surface area contributed by atoms with Gasteiger partial charge in [0.15, 0.2) is 0 Å². The maximum Gasteiger partial charge on any atom is 0.124 e. The van der Waals surface area contributed by atoms with E-state index in [2.05, 4.69) is 31.1 Å². The van der Waals surface area contributed by atoms with Gasteiger partial charge in [0.05, 0.1) is 5.69 Å². The molecule has 3 heteroatoms. The summed E-state index contributed by atoms with van der Waals surface area (Å²) in [6.07, 6.45) is 0. The SMILES string of the molecule is COC(C)(C)c1nc(C(C)(C)C)cs1. The molecule has 0 aromatic carbocycles. The second-order valence-electron chi connectivity index (χ2n) is 5.00. The van der Waals surface area contributed by atoms with Crippen LogP contribution in [0, 0.1) is 0 Å². The lowest BCUT2D eigenvalue weighted by atomic mass is 9.93. The van der Waals surface area contributed by atoms with Gasteiger partial charge in [0, 0.05) is 17.9 Å². The number of nitrogens with zero attached hydrogens (tertiary/aromatic N) is 1. The molecule has 0 aliphatic rings. The van der Waals surface area contributed by atoms with Crippen LogP contribution in [0.2, 0.25) is 0 Å². The minimum Gasteiger partial charge on any atom is -0.372 e. The number of hydrogen-bond donors (Lipinski definition) is 0. The highest BCUT2D eigenvalue weighted by atomic mass is 32.1. The van der Waals surface area contributed by atoms with Crippen LogP contribution in [-0.2, 0) is 15.8 Å². The fourth-order valence-electron chi connectivity index (χ4n) is 0.982. The molecule has 0 atom stereocenters. The van der Waals surface area contributed by atoms with Crippen molar-refractivity contribution in [3.05, 3.63) is 16.1 Å².